The van der Waals surface area contributed by atoms with Crippen LogP contribution in [0.1, 0.15) is 48.9 Å². The number of nitrogens with one attached hydrogen (secondary N) is 2. The van der Waals surface area contributed by atoms with Crippen molar-refractivity contribution in [3.63, 3.8) is 0 Å². The molecule has 0 radical (unpaired) electrons. The maximum Gasteiger partial charge on any atom is 0.291 e. The molecule has 0 bridgehead atoms. The average Bonchev–Trinajstić information content (AvgIpc) is 2.70. The van der Waals surface area contributed by atoms with Gasteiger partial charge in [-0.15, -0.1) is 0 Å². The molecule has 0 fully saturated rings. The minimum Gasteiger partial charge on any atom is -0.319 e. The highest BCUT2D eigenvalue weighted by molar-refractivity contribution is 6.41. The summed E-state index contributed by atoms with van der Waals surface area (Å²) in [5.74, 6) is -2.09. The van der Waals surface area contributed by atoms with E-state index in [0.29, 0.717) is 17.8 Å². The fraction of sp³-hybridized carbons (Fsp3) is 0.304. The number of hydrogen-bond acceptors (Lipinski definition) is 4. The number of carbonyl (C=O) groups is 4. The van der Waals surface area contributed by atoms with Crippen LogP contribution in [0.3, 0.4) is 0 Å². The lowest BCUT2D eigenvalue weighted by Gasteiger charge is -2.12. The Balaban J connectivity index is 2.10. The molecule has 6 nitrogen and oxygen atoms in total. The monoisotopic (exact) mass is 394 g/mol. The smallest absolute Gasteiger partial charge is 0.291 e. The van der Waals surface area contributed by atoms with E-state index in [1.807, 2.05) is 38.1 Å². The van der Waals surface area contributed by atoms with Gasteiger partial charge in [0.05, 0.1) is 0 Å². The van der Waals surface area contributed by atoms with Crippen molar-refractivity contribution in [2.24, 2.45) is 0 Å². The van der Waals surface area contributed by atoms with E-state index >= 15 is 0 Å². The van der Waals surface area contributed by atoms with Crippen molar-refractivity contribution in [3.05, 3.63) is 58.7 Å². The Morgan fingerprint density at radius 3 is 1.38 bits per heavy atom. The topological polar surface area (TPSA) is 92.3 Å². The summed E-state index contributed by atoms with van der Waals surface area (Å²) in [5.41, 5.74) is 5.10. The lowest BCUT2D eigenvalue weighted by Crippen LogP contribution is -2.22. The molecule has 0 heterocycles. The fourth-order valence-electron chi connectivity index (χ4n) is 2.89. The number of anilines is 2. The molecule has 0 spiro atoms. The number of benzene rings is 2. The third kappa shape index (κ3) is 5.85. The Kier molecular flexibility index (Phi) is 7.42. The molecular weight excluding hydrogens is 368 g/mol. The molecule has 29 heavy (non-hydrogen) atoms. The summed E-state index contributed by atoms with van der Waals surface area (Å²) in [7, 11) is 0. The van der Waals surface area contributed by atoms with Gasteiger partial charge in [-0.05, 0) is 54.7 Å². The second-order valence-corrected chi connectivity index (χ2v) is 6.94. The van der Waals surface area contributed by atoms with Crippen LogP contribution < -0.4 is 10.6 Å². The highest BCUT2D eigenvalue weighted by atomic mass is 16.2. The van der Waals surface area contributed by atoms with Crippen LogP contribution in [0, 0.1) is 13.8 Å². The largest absolute Gasteiger partial charge is 0.319 e. The van der Waals surface area contributed by atoms with E-state index < -0.39 is 23.4 Å². The van der Waals surface area contributed by atoms with Gasteiger partial charge >= 0.3 is 0 Å². The maximum absolute atomic E-state index is 11.8. The first kappa shape index (κ1) is 22.0. The van der Waals surface area contributed by atoms with Gasteiger partial charge < -0.3 is 10.6 Å². The van der Waals surface area contributed by atoms with E-state index in [4.69, 9.17) is 0 Å². The SMILES string of the molecule is CCC(=O)C(=O)Nc1ccc(Cc2ccc(NC(=O)C(=O)CC)c(C)c2)cc1C. The van der Waals surface area contributed by atoms with Gasteiger partial charge in [0.25, 0.3) is 11.8 Å². The number of ketones is 2. The lowest BCUT2D eigenvalue weighted by molar-refractivity contribution is -0.134. The van der Waals surface area contributed by atoms with Crippen LogP contribution in [0.25, 0.3) is 0 Å². The average molecular weight is 394 g/mol. The standard InChI is InChI=1S/C23H26N2O4/c1-5-20(26)22(28)24-18-9-7-16(11-14(18)3)13-17-8-10-19(15(4)12-17)25-23(29)21(27)6-2/h7-12H,5-6,13H2,1-4H3,(H,24,28)(H,25,29). The van der Waals surface area contributed by atoms with Gasteiger partial charge in [-0.25, -0.2) is 0 Å². The molecule has 0 unspecified atom stereocenters. The zero-order chi connectivity index (χ0) is 21.6. The molecule has 152 valence electrons. The molecule has 0 aliphatic heterocycles. The molecule has 2 aromatic carbocycles. The lowest BCUT2D eigenvalue weighted by atomic mass is 10.00. The van der Waals surface area contributed by atoms with Crippen LogP contribution in [0.5, 0.6) is 0 Å². The van der Waals surface area contributed by atoms with Crippen molar-refractivity contribution >= 4 is 34.8 Å². The van der Waals surface area contributed by atoms with Gasteiger partial charge in [-0.1, -0.05) is 38.1 Å². The summed E-state index contributed by atoms with van der Waals surface area (Å²) in [5, 5.41) is 5.29. The Bertz CT molecular complexity index is 886. The van der Waals surface area contributed by atoms with Gasteiger partial charge in [-0.3, -0.25) is 19.2 Å². The predicted molar refractivity (Wildman–Crippen MR) is 113 cm³/mol. The Morgan fingerprint density at radius 1 is 0.690 bits per heavy atom. The molecule has 0 saturated heterocycles. The van der Waals surface area contributed by atoms with Gasteiger partial charge in [0, 0.05) is 24.2 Å². The molecule has 2 amide bonds. The molecule has 2 rings (SSSR count). The van der Waals surface area contributed by atoms with Crippen molar-refractivity contribution in [2.45, 2.75) is 47.0 Å². The van der Waals surface area contributed by atoms with Gasteiger partial charge in [0.15, 0.2) is 0 Å². The van der Waals surface area contributed by atoms with Crippen LogP contribution in [0.2, 0.25) is 0 Å². The molecule has 2 aromatic rings. The van der Waals surface area contributed by atoms with E-state index in [0.717, 1.165) is 22.3 Å². The highest BCUT2D eigenvalue weighted by Gasteiger charge is 2.14. The number of carbonyl (C=O) groups excluding carboxylic acids is 4. The van der Waals surface area contributed by atoms with E-state index in [1.54, 1.807) is 26.0 Å². The number of aryl methyl sites for hydroxylation is 2. The fourth-order valence-corrected chi connectivity index (χ4v) is 2.89. The molecule has 0 aliphatic rings. The third-order valence-corrected chi connectivity index (χ3v) is 4.64. The van der Waals surface area contributed by atoms with E-state index in [2.05, 4.69) is 10.6 Å². The Morgan fingerprint density at radius 2 is 1.07 bits per heavy atom. The number of Topliss-reactive ketones (excluding diaryl/α,β-unsaturated/α-hetero) is 2. The minimum absolute atomic E-state index is 0.172. The summed E-state index contributed by atoms with van der Waals surface area (Å²) in [6.07, 6.45) is 1.02. The van der Waals surface area contributed by atoms with Crippen molar-refractivity contribution < 1.29 is 19.2 Å². The zero-order valence-corrected chi connectivity index (χ0v) is 17.2. The minimum atomic E-state index is -0.599. The summed E-state index contributed by atoms with van der Waals surface area (Å²) >= 11 is 0. The van der Waals surface area contributed by atoms with Crippen molar-refractivity contribution in [2.75, 3.05) is 10.6 Å². The Hall–Kier alpha value is -3.28. The number of rotatable bonds is 8. The van der Waals surface area contributed by atoms with Crippen molar-refractivity contribution in [1.29, 1.82) is 0 Å². The number of amides is 2. The third-order valence-electron chi connectivity index (χ3n) is 4.64. The van der Waals surface area contributed by atoms with E-state index in [1.165, 1.54) is 0 Å². The van der Waals surface area contributed by atoms with Crippen LogP contribution >= 0.6 is 0 Å². The van der Waals surface area contributed by atoms with E-state index in [-0.39, 0.29) is 12.8 Å². The quantitative estimate of drug-likeness (QED) is 0.667. The molecule has 2 N–H and O–H groups in total. The maximum atomic E-state index is 11.8. The van der Waals surface area contributed by atoms with Crippen LogP contribution in [-0.2, 0) is 25.6 Å². The summed E-state index contributed by atoms with van der Waals surface area (Å²) in [6, 6.07) is 11.3. The van der Waals surface area contributed by atoms with Crippen LogP contribution in [-0.4, -0.2) is 23.4 Å². The summed E-state index contributed by atoms with van der Waals surface area (Å²) in [6.45, 7) is 7.06. The normalized spacial score (nSPS) is 10.3. The van der Waals surface area contributed by atoms with Crippen molar-refractivity contribution in [1.82, 2.24) is 0 Å². The Labute approximate surface area is 170 Å². The predicted octanol–water partition coefficient (Wildman–Crippen LogP) is 3.73. The van der Waals surface area contributed by atoms with Crippen molar-refractivity contribution in [3.8, 4) is 0 Å². The summed E-state index contributed by atoms with van der Waals surface area (Å²) < 4.78 is 0. The second kappa shape index (κ2) is 9.78. The molecular formula is C23H26N2O4. The number of hydrogen-bond donors (Lipinski definition) is 2. The van der Waals surface area contributed by atoms with Crippen LogP contribution in [0.15, 0.2) is 36.4 Å². The molecule has 0 saturated carbocycles. The summed E-state index contributed by atoms with van der Waals surface area (Å²) in [4.78, 5) is 46.5. The highest BCUT2D eigenvalue weighted by Crippen LogP contribution is 2.22. The first-order valence-electron chi connectivity index (χ1n) is 9.62. The molecule has 0 aromatic heterocycles. The second-order valence-electron chi connectivity index (χ2n) is 6.94. The first-order chi connectivity index (χ1) is 13.7. The van der Waals surface area contributed by atoms with E-state index in [9.17, 15) is 19.2 Å². The van der Waals surface area contributed by atoms with Gasteiger partial charge in [-0.2, -0.15) is 0 Å². The first-order valence-corrected chi connectivity index (χ1v) is 9.62. The van der Waals surface area contributed by atoms with Gasteiger partial charge in [0.1, 0.15) is 0 Å². The van der Waals surface area contributed by atoms with Gasteiger partial charge in [0.2, 0.25) is 11.6 Å². The molecule has 6 heteroatoms. The van der Waals surface area contributed by atoms with Crippen LogP contribution in [0.4, 0.5) is 11.4 Å². The molecule has 0 aliphatic carbocycles. The zero-order valence-electron chi connectivity index (χ0n) is 17.2. The molecule has 0 atom stereocenters.